The van der Waals surface area contributed by atoms with Crippen LogP contribution in [0.2, 0.25) is 0 Å². The van der Waals surface area contributed by atoms with E-state index < -0.39 is 0 Å². The van der Waals surface area contributed by atoms with E-state index in [2.05, 4.69) is 10.3 Å². The molecule has 0 saturated carbocycles. The Morgan fingerprint density at radius 2 is 2.09 bits per heavy atom. The summed E-state index contributed by atoms with van der Waals surface area (Å²) in [4.78, 5) is 16.7. The molecule has 1 aliphatic rings. The molecule has 1 aromatic carbocycles. The molecule has 1 saturated heterocycles. The summed E-state index contributed by atoms with van der Waals surface area (Å²) in [5.41, 5.74) is 2.64. The van der Waals surface area contributed by atoms with Crippen molar-refractivity contribution < 1.29 is 14.3 Å². The fraction of sp³-hybridized carbons (Fsp3) is 0.412. The van der Waals surface area contributed by atoms with Crippen LogP contribution < -0.4 is 5.32 Å². The summed E-state index contributed by atoms with van der Waals surface area (Å²) in [5.74, 6) is -0.0362. The topological polar surface area (TPSA) is 60.5 Å². The van der Waals surface area contributed by atoms with Gasteiger partial charge < -0.3 is 14.8 Å². The Bertz CT molecular complexity index is 666. The Morgan fingerprint density at radius 1 is 1.32 bits per heavy atom. The summed E-state index contributed by atoms with van der Waals surface area (Å²) in [7, 11) is 0. The number of nitrogens with zero attached hydrogens (tertiary/aromatic N) is 1. The number of aromatic nitrogens is 1. The Kier molecular flexibility index (Phi) is 4.65. The molecule has 1 fully saturated rings. The molecule has 5 nitrogen and oxygen atoms in total. The molecule has 0 unspecified atom stereocenters. The number of nitrogens with one attached hydrogen (secondary N) is 1. The lowest BCUT2D eigenvalue weighted by Crippen LogP contribution is -2.17. The van der Waals surface area contributed by atoms with E-state index in [1.807, 2.05) is 37.3 Å². The van der Waals surface area contributed by atoms with Crippen molar-refractivity contribution in [1.29, 1.82) is 0 Å². The summed E-state index contributed by atoms with van der Waals surface area (Å²) in [6, 6.07) is 9.90. The summed E-state index contributed by atoms with van der Waals surface area (Å²) in [6.07, 6.45) is 1.48. The van der Waals surface area contributed by atoms with Crippen LogP contribution >= 0.6 is 0 Å². The minimum Gasteiger partial charge on any atom is -0.350 e. The molecule has 2 aromatic rings. The average Bonchev–Trinajstić information content (AvgIpc) is 3.05. The molecule has 0 bridgehead atoms. The number of carbonyl (C=O) groups is 1. The highest BCUT2D eigenvalue weighted by Crippen LogP contribution is 2.22. The van der Waals surface area contributed by atoms with E-state index in [4.69, 9.17) is 9.47 Å². The van der Waals surface area contributed by atoms with E-state index in [1.165, 1.54) is 0 Å². The van der Waals surface area contributed by atoms with Crippen LogP contribution in [0.15, 0.2) is 30.3 Å². The number of para-hydroxylation sites is 1. The van der Waals surface area contributed by atoms with Gasteiger partial charge in [-0.25, -0.2) is 0 Å². The van der Waals surface area contributed by atoms with Crippen LogP contribution in [0.4, 0.5) is 5.69 Å². The third-order valence-electron chi connectivity index (χ3n) is 3.71. The van der Waals surface area contributed by atoms with Crippen LogP contribution in [-0.4, -0.2) is 30.4 Å². The zero-order valence-corrected chi connectivity index (χ0v) is 12.7. The first kappa shape index (κ1) is 14.9. The zero-order chi connectivity index (χ0) is 15.4. The molecule has 1 aromatic heterocycles. The number of ether oxygens (including phenoxy) is 2. The van der Waals surface area contributed by atoms with Crippen molar-refractivity contribution in [2.24, 2.45) is 0 Å². The second-order valence-electron chi connectivity index (χ2n) is 5.29. The number of anilines is 1. The van der Waals surface area contributed by atoms with Gasteiger partial charge >= 0.3 is 0 Å². The normalized spacial score (nSPS) is 15.3. The van der Waals surface area contributed by atoms with Crippen LogP contribution in [0.1, 0.15) is 25.5 Å². The molecule has 1 aliphatic heterocycles. The number of hydrogen-bond donors (Lipinski definition) is 1. The largest absolute Gasteiger partial charge is 0.350 e. The first-order valence-electron chi connectivity index (χ1n) is 7.68. The molecule has 3 rings (SSSR count). The van der Waals surface area contributed by atoms with Gasteiger partial charge in [0.15, 0.2) is 6.29 Å². The molecule has 1 amide bonds. The molecule has 116 valence electrons. The van der Waals surface area contributed by atoms with Gasteiger partial charge in [0, 0.05) is 18.2 Å². The number of carbonyl (C=O) groups excluding carboxylic acids is 1. The second-order valence-corrected chi connectivity index (χ2v) is 5.29. The predicted molar refractivity (Wildman–Crippen MR) is 84.7 cm³/mol. The van der Waals surface area contributed by atoms with Gasteiger partial charge in [-0.1, -0.05) is 25.1 Å². The van der Waals surface area contributed by atoms with Gasteiger partial charge in [0.2, 0.25) is 5.91 Å². The lowest BCUT2D eigenvalue weighted by molar-refractivity contribution is -0.118. The van der Waals surface area contributed by atoms with E-state index in [-0.39, 0.29) is 12.2 Å². The van der Waals surface area contributed by atoms with Gasteiger partial charge in [0.05, 0.1) is 30.1 Å². The van der Waals surface area contributed by atoms with Gasteiger partial charge in [0.1, 0.15) is 0 Å². The monoisotopic (exact) mass is 300 g/mol. The number of aryl methyl sites for hydroxylation is 1. The van der Waals surface area contributed by atoms with Gasteiger partial charge in [-0.15, -0.1) is 0 Å². The summed E-state index contributed by atoms with van der Waals surface area (Å²) >= 11 is 0. The lowest BCUT2D eigenvalue weighted by Gasteiger charge is -2.12. The van der Waals surface area contributed by atoms with Crippen LogP contribution in [0.3, 0.4) is 0 Å². The number of rotatable bonds is 5. The van der Waals surface area contributed by atoms with Crippen molar-refractivity contribution in [1.82, 2.24) is 4.98 Å². The molecule has 0 atom stereocenters. The number of pyridine rings is 1. The number of amides is 1. The van der Waals surface area contributed by atoms with E-state index in [0.29, 0.717) is 26.1 Å². The fourth-order valence-corrected chi connectivity index (χ4v) is 2.57. The molecular formula is C17H20N2O3. The SMILES string of the molecule is CCc1nc2ccccc2cc1NC(=O)CCC1OCCO1. The van der Waals surface area contributed by atoms with Gasteiger partial charge in [-0.05, 0) is 18.6 Å². The van der Waals surface area contributed by atoms with E-state index in [1.54, 1.807) is 0 Å². The molecular weight excluding hydrogens is 280 g/mol. The first-order chi connectivity index (χ1) is 10.8. The number of hydrogen-bond acceptors (Lipinski definition) is 4. The minimum absolute atomic E-state index is 0.0362. The van der Waals surface area contributed by atoms with E-state index >= 15 is 0 Å². The van der Waals surface area contributed by atoms with Gasteiger partial charge in [-0.2, -0.15) is 0 Å². The van der Waals surface area contributed by atoms with Gasteiger partial charge in [0.25, 0.3) is 0 Å². The Hall–Kier alpha value is -1.98. The zero-order valence-electron chi connectivity index (χ0n) is 12.7. The quantitative estimate of drug-likeness (QED) is 0.922. The van der Waals surface area contributed by atoms with Crippen molar-refractivity contribution >= 4 is 22.5 Å². The maximum absolute atomic E-state index is 12.1. The van der Waals surface area contributed by atoms with Crippen LogP contribution in [0.25, 0.3) is 10.9 Å². The predicted octanol–water partition coefficient (Wildman–Crippen LogP) is 2.89. The maximum Gasteiger partial charge on any atom is 0.224 e. The minimum atomic E-state index is -0.244. The molecule has 5 heteroatoms. The Balaban J connectivity index is 1.70. The second kappa shape index (κ2) is 6.85. The Morgan fingerprint density at radius 3 is 2.86 bits per heavy atom. The van der Waals surface area contributed by atoms with Crippen molar-refractivity contribution in [3.63, 3.8) is 0 Å². The molecule has 2 heterocycles. The highest BCUT2D eigenvalue weighted by Gasteiger charge is 2.17. The standard InChI is InChI=1S/C17H20N2O3/c1-2-13-15(11-12-5-3-4-6-14(12)18-13)19-16(20)7-8-17-21-9-10-22-17/h3-6,11,17H,2,7-10H2,1H3,(H,19,20). The van der Waals surface area contributed by atoms with Crippen molar-refractivity contribution in [2.75, 3.05) is 18.5 Å². The van der Waals surface area contributed by atoms with Crippen molar-refractivity contribution in [3.8, 4) is 0 Å². The third-order valence-corrected chi connectivity index (χ3v) is 3.71. The van der Waals surface area contributed by atoms with Crippen LogP contribution in [0, 0.1) is 0 Å². The molecule has 0 aliphatic carbocycles. The number of benzene rings is 1. The Labute approximate surface area is 129 Å². The summed E-state index contributed by atoms with van der Waals surface area (Å²) in [6.45, 7) is 3.26. The van der Waals surface area contributed by atoms with E-state index in [0.717, 1.165) is 28.7 Å². The molecule has 0 radical (unpaired) electrons. The van der Waals surface area contributed by atoms with E-state index in [9.17, 15) is 4.79 Å². The number of fused-ring (bicyclic) bond motifs is 1. The van der Waals surface area contributed by atoms with Crippen LogP contribution in [-0.2, 0) is 20.7 Å². The molecule has 1 N–H and O–H groups in total. The average molecular weight is 300 g/mol. The smallest absolute Gasteiger partial charge is 0.224 e. The molecule has 0 spiro atoms. The van der Waals surface area contributed by atoms with Crippen molar-refractivity contribution in [2.45, 2.75) is 32.5 Å². The summed E-state index contributed by atoms with van der Waals surface area (Å²) in [5, 5.41) is 3.99. The summed E-state index contributed by atoms with van der Waals surface area (Å²) < 4.78 is 10.7. The highest BCUT2D eigenvalue weighted by atomic mass is 16.7. The maximum atomic E-state index is 12.1. The highest BCUT2D eigenvalue weighted by molar-refractivity contribution is 5.94. The first-order valence-corrected chi connectivity index (χ1v) is 7.68. The lowest BCUT2D eigenvalue weighted by atomic mass is 10.1. The van der Waals surface area contributed by atoms with Crippen molar-refractivity contribution in [3.05, 3.63) is 36.0 Å². The molecule has 22 heavy (non-hydrogen) atoms. The van der Waals surface area contributed by atoms with Gasteiger partial charge in [-0.3, -0.25) is 9.78 Å². The third kappa shape index (κ3) is 3.43. The fourth-order valence-electron chi connectivity index (χ4n) is 2.57. The van der Waals surface area contributed by atoms with Crippen LogP contribution in [0.5, 0.6) is 0 Å².